The molecule has 2 heterocycles. The Kier molecular flexibility index (Phi) is 5.17. The molecule has 2 atom stereocenters. The lowest BCUT2D eigenvalue weighted by Gasteiger charge is -2.13. The minimum Gasteiger partial charge on any atom is -0.391 e. The molecule has 0 saturated carbocycles. The van der Waals surface area contributed by atoms with E-state index in [0.29, 0.717) is 13.1 Å². The number of aromatic amines is 1. The number of hydrogen-bond acceptors (Lipinski definition) is 4. The molecule has 1 aromatic heterocycles. The number of nitrogens with one attached hydrogen (secondary N) is 3. The Bertz CT molecular complexity index is 616. The van der Waals surface area contributed by atoms with Crippen molar-refractivity contribution >= 4 is 29.2 Å². The van der Waals surface area contributed by atoms with Crippen LogP contribution in [0.4, 0.5) is 0 Å². The van der Waals surface area contributed by atoms with Gasteiger partial charge in [0, 0.05) is 30.9 Å². The van der Waals surface area contributed by atoms with Crippen LogP contribution >= 0.6 is 12.4 Å². The van der Waals surface area contributed by atoms with Crippen molar-refractivity contribution in [1.29, 1.82) is 0 Å². The van der Waals surface area contributed by atoms with Crippen molar-refractivity contribution in [3.63, 3.8) is 0 Å². The minimum atomic E-state index is -0.372. The molecule has 1 aromatic carbocycles. The third-order valence-electron chi connectivity index (χ3n) is 3.74. The number of hydrogen-bond donors (Lipinski definition) is 4. The van der Waals surface area contributed by atoms with E-state index in [1.54, 1.807) is 0 Å². The SMILES string of the molecule is Cl.O=C(Cc1[nH]nc2ccccc12)NCC1CNCC1O. The summed E-state index contributed by atoms with van der Waals surface area (Å²) in [5, 5.41) is 23.7. The Balaban J connectivity index is 0.00000161. The van der Waals surface area contributed by atoms with E-state index >= 15 is 0 Å². The average Bonchev–Trinajstić information content (AvgIpc) is 3.04. The number of β-amino-alcohol motifs (C(OH)–C–C–N with tert-alkyl or cyclic N) is 1. The van der Waals surface area contributed by atoms with Gasteiger partial charge in [0.25, 0.3) is 0 Å². The molecular weight excluding hydrogens is 292 g/mol. The Morgan fingerprint density at radius 3 is 2.95 bits per heavy atom. The molecule has 0 aliphatic carbocycles. The number of para-hydroxylation sites is 1. The predicted octanol–water partition coefficient (Wildman–Crippen LogP) is 0.224. The van der Waals surface area contributed by atoms with Crippen molar-refractivity contribution < 1.29 is 9.90 Å². The van der Waals surface area contributed by atoms with E-state index in [1.807, 2.05) is 24.3 Å². The van der Waals surface area contributed by atoms with Crippen LogP contribution in [0.1, 0.15) is 5.69 Å². The highest BCUT2D eigenvalue weighted by Gasteiger charge is 2.25. The number of benzene rings is 1. The van der Waals surface area contributed by atoms with E-state index in [0.717, 1.165) is 23.1 Å². The molecule has 2 unspecified atom stereocenters. The maximum absolute atomic E-state index is 12.0. The molecule has 1 aliphatic heterocycles. The molecule has 114 valence electrons. The summed E-state index contributed by atoms with van der Waals surface area (Å²) < 4.78 is 0. The standard InChI is InChI=1S/C14H18N4O2.ClH/c19-13-8-15-6-9(13)7-16-14(20)5-12-10-3-1-2-4-11(10)17-18-12;/h1-4,9,13,15,19H,5-8H2,(H,16,20)(H,17,18);1H. The number of aliphatic hydroxyl groups excluding tert-OH is 1. The van der Waals surface area contributed by atoms with Gasteiger partial charge in [-0.2, -0.15) is 5.10 Å². The molecule has 21 heavy (non-hydrogen) atoms. The van der Waals surface area contributed by atoms with Crippen LogP contribution in [0.25, 0.3) is 10.9 Å². The van der Waals surface area contributed by atoms with E-state index in [9.17, 15) is 9.90 Å². The van der Waals surface area contributed by atoms with Gasteiger partial charge < -0.3 is 15.7 Å². The Hall–Kier alpha value is -1.63. The average molecular weight is 311 g/mol. The second kappa shape index (κ2) is 6.89. The van der Waals surface area contributed by atoms with Crippen molar-refractivity contribution in [2.24, 2.45) is 5.92 Å². The minimum absolute atomic E-state index is 0. The molecule has 0 spiro atoms. The van der Waals surface area contributed by atoms with Gasteiger partial charge in [0.05, 0.1) is 23.7 Å². The highest BCUT2D eigenvalue weighted by molar-refractivity contribution is 5.87. The molecule has 7 heteroatoms. The van der Waals surface area contributed by atoms with Gasteiger partial charge in [0.2, 0.25) is 5.91 Å². The second-order valence-electron chi connectivity index (χ2n) is 5.19. The number of aliphatic hydroxyl groups is 1. The number of nitrogens with zero attached hydrogens (tertiary/aromatic N) is 1. The maximum Gasteiger partial charge on any atom is 0.226 e. The Labute approximate surface area is 128 Å². The van der Waals surface area contributed by atoms with E-state index in [-0.39, 0.29) is 36.8 Å². The first-order valence-electron chi connectivity index (χ1n) is 6.81. The summed E-state index contributed by atoms with van der Waals surface area (Å²) >= 11 is 0. The number of halogens is 1. The van der Waals surface area contributed by atoms with Gasteiger partial charge in [-0.3, -0.25) is 9.89 Å². The fourth-order valence-corrected chi connectivity index (χ4v) is 2.54. The normalized spacial score (nSPS) is 21.2. The zero-order valence-corrected chi connectivity index (χ0v) is 12.3. The van der Waals surface area contributed by atoms with Crippen LogP contribution in [-0.2, 0) is 11.2 Å². The smallest absolute Gasteiger partial charge is 0.226 e. The number of fused-ring (bicyclic) bond motifs is 1. The van der Waals surface area contributed by atoms with Crippen LogP contribution in [0.3, 0.4) is 0 Å². The molecule has 1 fully saturated rings. The van der Waals surface area contributed by atoms with Crippen LogP contribution in [-0.4, -0.2) is 46.9 Å². The summed E-state index contributed by atoms with van der Waals surface area (Å²) in [5.41, 5.74) is 1.69. The topological polar surface area (TPSA) is 90.0 Å². The van der Waals surface area contributed by atoms with Gasteiger partial charge in [-0.15, -0.1) is 12.4 Å². The van der Waals surface area contributed by atoms with Crippen molar-refractivity contribution in [3.05, 3.63) is 30.0 Å². The van der Waals surface area contributed by atoms with Crippen LogP contribution in [0.5, 0.6) is 0 Å². The summed E-state index contributed by atoms with van der Waals surface area (Å²) in [6, 6.07) is 7.71. The molecule has 6 nitrogen and oxygen atoms in total. The molecule has 1 saturated heterocycles. The number of rotatable bonds is 4. The van der Waals surface area contributed by atoms with Crippen LogP contribution < -0.4 is 10.6 Å². The van der Waals surface area contributed by atoms with E-state index in [2.05, 4.69) is 20.8 Å². The monoisotopic (exact) mass is 310 g/mol. The number of H-pyrrole nitrogens is 1. The lowest BCUT2D eigenvalue weighted by atomic mass is 10.1. The second-order valence-corrected chi connectivity index (χ2v) is 5.19. The highest BCUT2D eigenvalue weighted by atomic mass is 35.5. The fraction of sp³-hybridized carbons (Fsp3) is 0.429. The van der Waals surface area contributed by atoms with E-state index < -0.39 is 0 Å². The third kappa shape index (κ3) is 3.53. The van der Waals surface area contributed by atoms with Gasteiger partial charge in [-0.05, 0) is 6.07 Å². The van der Waals surface area contributed by atoms with Crippen molar-refractivity contribution in [1.82, 2.24) is 20.8 Å². The van der Waals surface area contributed by atoms with Gasteiger partial charge in [0.1, 0.15) is 0 Å². The third-order valence-corrected chi connectivity index (χ3v) is 3.74. The first-order chi connectivity index (χ1) is 9.74. The summed E-state index contributed by atoms with van der Waals surface area (Å²) in [7, 11) is 0. The molecule has 1 amide bonds. The van der Waals surface area contributed by atoms with Crippen LogP contribution in [0.2, 0.25) is 0 Å². The van der Waals surface area contributed by atoms with E-state index in [4.69, 9.17) is 0 Å². The summed E-state index contributed by atoms with van der Waals surface area (Å²) in [6.45, 7) is 1.85. The summed E-state index contributed by atoms with van der Waals surface area (Å²) in [5.74, 6) is 0.0379. The number of carbonyl (C=O) groups is 1. The lowest BCUT2D eigenvalue weighted by molar-refractivity contribution is -0.120. The quantitative estimate of drug-likeness (QED) is 0.650. The lowest BCUT2D eigenvalue weighted by Crippen LogP contribution is -2.35. The van der Waals surface area contributed by atoms with Crippen molar-refractivity contribution in [3.8, 4) is 0 Å². The number of carbonyl (C=O) groups excluding carboxylic acids is 1. The zero-order valence-electron chi connectivity index (χ0n) is 11.5. The molecular formula is C14H19ClN4O2. The number of aromatic nitrogens is 2. The summed E-state index contributed by atoms with van der Waals surface area (Å²) in [4.78, 5) is 12.0. The van der Waals surface area contributed by atoms with Gasteiger partial charge in [-0.25, -0.2) is 0 Å². The van der Waals surface area contributed by atoms with Crippen LogP contribution in [0.15, 0.2) is 24.3 Å². The fourth-order valence-electron chi connectivity index (χ4n) is 2.54. The predicted molar refractivity (Wildman–Crippen MR) is 82.4 cm³/mol. The first kappa shape index (κ1) is 15.8. The van der Waals surface area contributed by atoms with Crippen LogP contribution in [0, 0.1) is 5.92 Å². The molecule has 0 bridgehead atoms. The molecule has 4 N–H and O–H groups in total. The number of amides is 1. The molecule has 3 rings (SSSR count). The molecule has 2 aromatic rings. The maximum atomic E-state index is 12.0. The van der Waals surface area contributed by atoms with Crippen molar-refractivity contribution in [2.45, 2.75) is 12.5 Å². The molecule has 0 radical (unpaired) electrons. The first-order valence-corrected chi connectivity index (χ1v) is 6.81. The van der Waals surface area contributed by atoms with Crippen molar-refractivity contribution in [2.75, 3.05) is 19.6 Å². The largest absolute Gasteiger partial charge is 0.391 e. The summed E-state index contributed by atoms with van der Waals surface area (Å²) in [6.07, 6.45) is -0.0974. The highest BCUT2D eigenvalue weighted by Crippen LogP contribution is 2.15. The zero-order chi connectivity index (χ0) is 13.9. The Morgan fingerprint density at radius 2 is 2.19 bits per heavy atom. The van der Waals surface area contributed by atoms with Gasteiger partial charge >= 0.3 is 0 Å². The van der Waals surface area contributed by atoms with Gasteiger partial charge in [-0.1, -0.05) is 18.2 Å². The molecule has 1 aliphatic rings. The Morgan fingerprint density at radius 1 is 1.38 bits per heavy atom. The van der Waals surface area contributed by atoms with Gasteiger partial charge in [0.15, 0.2) is 0 Å². The van der Waals surface area contributed by atoms with E-state index in [1.165, 1.54) is 0 Å².